The highest BCUT2D eigenvalue weighted by atomic mass is 16.6. The first-order valence-electron chi connectivity index (χ1n) is 21.4. The van der Waals surface area contributed by atoms with Crippen LogP contribution in [-0.2, 0) is 94.8 Å². The Kier molecular flexibility index (Phi) is 55.5. The number of hydrogen-bond donors (Lipinski definition) is 1. The van der Waals surface area contributed by atoms with Crippen molar-refractivity contribution in [2.75, 3.05) is 252 Å². The maximum Gasteiger partial charge on any atom is 0.305 e. The number of carboxylic acids is 1. The van der Waals surface area contributed by atoms with Crippen molar-refractivity contribution in [2.24, 2.45) is 0 Å². The van der Waals surface area contributed by atoms with E-state index in [1.807, 2.05) is 0 Å². The molecule has 61 heavy (non-hydrogen) atoms. The summed E-state index contributed by atoms with van der Waals surface area (Å²) in [4.78, 5) is 10.4. The van der Waals surface area contributed by atoms with Crippen molar-refractivity contribution in [3.8, 4) is 0 Å². The molecule has 0 saturated carbocycles. The number of carbonyl (C=O) groups is 1. The van der Waals surface area contributed by atoms with Gasteiger partial charge in [-0.2, -0.15) is 0 Å². The fraction of sp³-hybridized carbons (Fsp3) is 0.975. The van der Waals surface area contributed by atoms with Gasteiger partial charge >= 0.3 is 5.97 Å². The second-order valence-electron chi connectivity index (χ2n) is 12.2. The van der Waals surface area contributed by atoms with Crippen LogP contribution in [0.25, 0.3) is 0 Å². The van der Waals surface area contributed by atoms with Crippen molar-refractivity contribution in [3.05, 3.63) is 0 Å². The van der Waals surface area contributed by atoms with Gasteiger partial charge in [-0.25, -0.2) is 0 Å². The van der Waals surface area contributed by atoms with Gasteiger partial charge in [0.1, 0.15) is 0 Å². The molecule has 0 amide bonds. The summed E-state index contributed by atoms with van der Waals surface area (Å²) in [7, 11) is 1.64. The summed E-state index contributed by atoms with van der Waals surface area (Å²) in [5.74, 6) is -0.878. The molecule has 0 aromatic carbocycles. The third kappa shape index (κ3) is 58.7. The minimum absolute atomic E-state index is 0.00707. The summed E-state index contributed by atoms with van der Waals surface area (Å²) in [6.45, 7) is 17.9. The number of methoxy groups -OCH3 is 1. The fourth-order valence-electron chi connectivity index (χ4n) is 4.14. The van der Waals surface area contributed by atoms with Gasteiger partial charge in [0.2, 0.25) is 0 Å². The molecule has 1 N–H and O–H groups in total. The molecule has 0 aromatic rings. The first-order valence-corrected chi connectivity index (χ1v) is 21.4. The average molecular weight is 897 g/mol. The molecule has 0 radical (unpaired) electrons. The highest BCUT2D eigenvalue weighted by Gasteiger charge is 1.99. The van der Waals surface area contributed by atoms with E-state index in [1.165, 1.54) is 0 Å². The largest absolute Gasteiger partial charge is 0.481 e. The van der Waals surface area contributed by atoms with Gasteiger partial charge in [0, 0.05) is 7.11 Å². The Morgan fingerprint density at radius 3 is 0.459 bits per heavy atom. The van der Waals surface area contributed by atoms with E-state index in [0.717, 1.165) is 0 Å². The van der Waals surface area contributed by atoms with Crippen LogP contribution in [0.3, 0.4) is 0 Å². The molecule has 0 heterocycles. The minimum Gasteiger partial charge on any atom is -0.481 e. The van der Waals surface area contributed by atoms with Crippen LogP contribution in [0.5, 0.6) is 0 Å². The standard InChI is InChI=1S/C40H80O21/c1-43-4-5-45-8-9-47-12-13-49-16-17-51-20-21-53-24-25-55-28-29-57-32-33-59-36-37-61-39-38-60-35-34-58-31-30-56-27-26-54-23-22-52-19-18-50-15-14-48-11-10-46-7-6-44-3-2-40(41)42/h2-39H2,1H3,(H,41,42). The quantitative estimate of drug-likeness (QED) is 0.0819. The van der Waals surface area contributed by atoms with Gasteiger partial charge in [-0.3, -0.25) is 4.79 Å². The average Bonchev–Trinajstić information content (AvgIpc) is 3.26. The van der Waals surface area contributed by atoms with E-state index in [4.69, 9.17) is 95.1 Å². The molecule has 0 fully saturated rings. The summed E-state index contributed by atoms with van der Waals surface area (Å²) in [5, 5.41) is 8.51. The molecule has 0 rings (SSSR count). The first kappa shape index (κ1) is 59.7. The lowest BCUT2D eigenvalue weighted by Crippen LogP contribution is -2.16. The molecule has 0 bridgehead atoms. The van der Waals surface area contributed by atoms with E-state index in [0.29, 0.717) is 238 Å². The van der Waals surface area contributed by atoms with Gasteiger partial charge in [0.05, 0.1) is 251 Å². The zero-order valence-electron chi connectivity index (χ0n) is 37.0. The summed E-state index contributed by atoms with van der Waals surface area (Å²) < 4.78 is 103. The SMILES string of the molecule is COCCOCCOCCOCCOCCOCCOCCOCCOCCOCCOCCOCCOCCOCCOCCOCCOCCOCCOCCC(=O)O. The van der Waals surface area contributed by atoms with E-state index < -0.39 is 5.97 Å². The van der Waals surface area contributed by atoms with E-state index in [2.05, 4.69) is 0 Å². The van der Waals surface area contributed by atoms with Gasteiger partial charge in [-0.05, 0) is 0 Å². The normalized spacial score (nSPS) is 11.6. The van der Waals surface area contributed by atoms with Crippen LogP contribution in [0.1, 0.15) is 6.42 Å². The molecule has 0 aliphatic heterocycles. The van der Waals surface area contributed by atoms with Crippen molar-refractivity contribution in [1.29, 1.82) is 0 Å². The molecule has 0 atom stereocenters. The number of rotatable bonds is 57. The van der Waals surface area contributed by atoms with Crippen LogP contribution in [0, 0.1) is 0 Å². The zero-order valence-corrected chi connectivity index (χ0v) is 37.0. The van der Waals surface area contributed by atoms with E-state index in [1.54, 1.807) is 7.11 Å². The third-order valence-corrected chi connectivity index (χ3v) is 7.22. The molecule has 0 unspecified atom stereocenters. The predicted molar refractivity (Wildman–Crippen MR) is 219 cm³/mol. The Labute approximate surface area is 363 Å². The molecule has 0 saturated heterocycles. The van der Waals surface area contributed by atoms with Crippen LogP contribution in [0.15, 0.2) is 0 Å². The van der Waals surface area contributed by atoms with Crippen molar-refractivity contribution in [1.82, 2.24) is 0 Å². The molecule has 366 valence electrons. The number of hydrogen-bond acceptors (Lipinski definition) is 20. The summed E-state index contributed by atoms with van der Waals surface area (Å²) in [6, 6.07) is 0. The Bertz CT molecular complexity index is 806. The summed E-state index contributed by atoms with van der Waals surface area (Å²) in [6.07, 6.45) is -0.00707. The highest BCUT2D eigenvalue weighted by molar-refractivity contribution is 5.66. The van der Waals surface area contributed by atoms with Crippen LogP contribution in [0.4, 0.5) is 0 Å². The molecule has 0 aliphatic rings. The van der Waals surface area contributed by atoms with Crippen molar-refractivity contribution in [2.45, 2.75) is 6.42 Å². The molecule has 0 aliphatic carbocycles. The van der Waals surface area contributed by atoms with Crippen LogP contribution >= 0.6 is 0 Å². The lowest BCUT2D eigenvalue weighted by molar-refractivity contribution is -0.138. The summed E-state index contributed by atoms with van der Waals surface area (Å²) >= 11 is 0. The Morgan fingerprint density at radius 2 is 0.344 bits per heavy atom. The minimum atomic E-state index is -0.878. The lowest BCUT2D eigenvalue weighted by Gasteiger charge is -2.09. The maximum atomic E-state index is 10.4. The van der Waals surface area contributed by atoms with Gasteiger partial charge in [0.15, 0.2) is 0 Å². The molecular weight excluding hydrogens is 816 g/mol. The highest BCUT2D eigenvalue weighted by Crippen LogP contribution is 1.90. The second-order valence-corrected chi connectivity index (χ2v) is 12.2. The molecular formula is C40H80O21. The molecule has 0 aromatic heterocycles. The lowest BCUT2D eigenvalue weighted by atomic mass is 10.5. The monoisotopic (exact) mass is 897 g/mol. The summed E-state index contributed by atoms with van der Waals surface area (Å²) in [5.41, 5.74) is 0. The Hall–Kier alpha value is -1.29. The maximum absolute atomic E-state index is 10.4. The van der Waals surface area contributed by atoms with Gasteiger partial charge in [0.25, 0.3) is 0 Å². The predicted octanol–water partition coefficient (Wildman–Crippen LogP) is 0.406. The molecule has 21 heteroatoms. The van der Waals surface area contributed by atoms with Crippen LogP contribution in [-0.4, -0.2) is 263 Å². The zero-order chi connectivity index (χ0) is 43.9. The van der Waals surface area contributed by atoms with Gasteiger partial charge < -0.3 is 95.1 Å². The van der Waals surface area contributed by atoms with Crippen molar-refractivity contribution >= 4 is 5.97 Å². The van der Waals surface area contributed by atoms with Gasteiger partial charge in [-0.15, -0.1) is 0 Å². The van der Waals surface area contributed by atoms with E-state index in [-0.39, 0.29) is 13.0 Å². The van der Waals surface area contributed by atoms with Crippen LogP contribution in [0.2, 0.25) is 0 Å². The third-order valence-electron chi connectivity index (χ3n) is 7.22. The molecule has 21 nitrogen and oxygen atoms in total. The number of ether oxygens (including phenoxy) is 19. The van der Waals surface area contributed by atoms with Crippen molar-refractivity contribution < 1.29 is 99.9 Å². The Balaban J connectivity index is 3.06. The molecule has 0 spiro atoms. The van der Waals surface area contributed by atoms with E-state index >= 15 is 0 Å². The smallest absolute Gasteiger partial charge is 0.305 e. The first-order chi connectivity index (χ1) is 30.3. The second kappa shape index (κ2) is 56.7. The Morgan fingerprint density at radius 1 is 0.230 bits per heavy atom. The van der Waals surface area contributed by atoms with Crippen LogP contribution < -0.4 is 0 Å². The number of aliphatic carboxylic acids is 1. The van der Waals surface area contributed by atoms with E-state index in [9.17, 15) is 4.79 Å². The topological polar surface area (TPSA) is 213 Å². The fourth-order valence-corrected chi connectivity index (χ4v) is 4.14. The van der Waals surface area contributed by atoms with Crippen molar-refractivity contribution in [3.63, 3.8) is 0 Å². The van der Waals surface area contributed by atoms with Gasteiger partial charge in [-0.1, -0.05) is 0 Å². The number of carboxylic acid groups (broad SMARTS) is 1.